The molecule has 0 spiro atoms. The highest BCUT2D eigenvalue weighted by Gasteiger charge is 2.39. The van der Waals surface area contributed by atoms with E-state index in [-0.39, 0.29) is 11.5 Å². The van der Waals surface area contributed by atoms with Gasteiger partial charge in [-0.05, 0) is 11.0 Å². The van der Waals surface area contributed by atoms with Gasteiger partial charge in [0.25, 0.3) is 0 Å². The average Bonchev–Trinajstić information content (AvgIpc) is 2.62. The van der Waals surface area contributed by atoms with E-state index in [1.54, 1.807) is 0 Å². The van der Waals surface area contributed by atoms with Crippen LogP contribution in [0.3, 0.4) is 0 Å². The lowest BCUT2D eigenvalue weighted by atomic mass is 9.87. The Morgan fingerprint density at radius 2 is 2.00 bits per heavy atom. The van der Waals surface area contributed by atoms with Gasteiger partial charge in [0.15, 0.2) is 0 Å². The molecule has 0 saturated carbocycles. The van der Waals surface area contributed by atoms with Crippen molar-refractivity contribution in [2.75, 3.05) is 6.61 Å². The minimum atomic E-state index is -1.30. The van der Waals surface area contributed by atoms with Crippen LogP contribution in [0, 0.1) is 5.41 Å². The van der Waals surface area contributed by atoms with Crippen LogP contribution in [0.4, 0.5) is 0 Å². The first-order chi connectivity index (χ1) is 7.98. The van der Waals surface area contributed by atoms with Gasteiger partial charge < -0.3 is 0 Å². The normalized spacial score (nSPS) is 26.3. The Kier molecular flexibility index (Phi) is 3.66. The van der Waals surface area contributed by atoms with E-state index in [4.69, 9.17) is 4.18 Å². The van der Waals surface area contributed by atoms with E-state index in [9.17, 15) is 4.21 Å². The summed E-state index contributed by atoms with van der Waals surface area (Å²) in [7, 11) is 0. The van der Waals surface area contributed by atoms with Gasteiger partial charge in [0.2, 0.25) is 11.3 Å². The van der Waals surface area contributed by atoms with Crippen molar-refractivity contribution in [1.29, 1.82) is 0 Å². The third-order valence-electron chi connectivity index (χ3n) is 3.05. The Bertz CT molecular complexity index is 400. The maximum Gasteiger partial charge on any atom is 0.237 e. The zero-order valence-corrected chi connectivity index (χ0v) is 11.4. The third-order valence-corrected chi connectivity index (χ3v) is 4.15. The second-order valence-electron chi connectivity index (χ2n) is 5.44. The Hall–Kier alpha value is -0.710. The smallest absolute Gasteiger partial charge is 0.237 e. The van der Waals surface area contributed by atoms with Crippen LogP contribution in [0.2, 0.25) is 0 Å². The summed E-state index contributed by atoms with van der Waals surface area (Å²) < 4.78 is 19.1. The molecule has 1 aliphatic rings. The minimum absolute atomic E-state index is 0.0704. The highest BCUT2D eigenvalue weighted by atomic mass is 32.2. The summed E-state index contributed by atoms with van der Waals surface area (Å²) in [6.07, 6.45) is 0. The molecular weight excluding hydrogens is 234 g/mol. The van der Waals surface area contributed by atoms with Crippen molar-refractivity contribution in [2.24, 2.45) is 5.41 Å². The zero-order valence-electron chi connectivity index (χ0n) is 10.6. The van der Waals surface area contributed by atoms with E-state index in [1.165, 1.54) is 5.56 Å². The molecule has 4 heteroatoms. The molecule has 94 valence electrons. The second-order valence-corrected chi connectivity index (χ2v) is 6.58. The summed E-state index contributed by atoms with van der Waals surface area (Å²) in [5.41, 5.74) is 1.24. The van der Waals surface area contributed by atoms with E-state index < -0.39 is 11.3 Å². The van der Waals surface area contributed by atoms with Gasteiger partial charge in [-0.1, -0.05) is 51.1 Å². The Balaban J connectivity index is 2.15. The maximum absolute atomic E-state index is 11.9. The number of hydrogen-bond donors (Lipinski definition) is 0. The van der Waals surface area contributed by atoms with Crippen LogP contribution in [0.25, 0.3) is 0 Å². The van der Waals surface area contributed by atoms with Gasteiger partial charge in [-0.15, -0.1) is 0 Å². The van der Waals surface area contributed by atoms with Gasteiger partial charge in [0.1, 0.15) is 0 Å². The van der Waals surface area contributed by atoms with Crippen LogP contribution >= 0.6 is 0 Å². The van der Waals surface area contributed by atoms with Crippen LogP contribution in [-0.2, 0) is 22.0 Å². The molecule has 2 rings (SSSR count). The van der Waals surface area contributed by atoms with E-state index in [0.717, 1.165) is 0 Å². The van der Waals surface area contributed by atoms with Crippen LogP contribution in [0.5, 0.6) is 0 Å². The highest BCUT2D eigenvalue weighted by molar-refractivity contribution is 7.77. The SMILES string of the molecule is CC(C)(C)C1COS(=O)N1Cc1ccccc1. The molecule has 2 atom stereocenters. The molecule has 0 aliphatic carbocycles. The maximum atomic E-state index is 11.9. The molecule has 0 amide bonds. The van der Waals surface area contributed by atoms with Gasteiger partial charge in [0, 0.05) is 6.54 Å². The van der Waals surface area contributed by atoms with Crippen molar-refractivity contribution in [3.05, 3.63) is 35.9 Å². The number of hydrogen-bond acceptors (Lipinski definition) is 2. The topological polar surface area (TPSA) is 29.5 Å². The molecule has 1 aromatic carbocycles. The molecule has 1 saturated heterocycles. The molecule has 0 bridgehead atoms. The van der Waals surface area contributed by atoms with E-state index in [2.05, 4.69) is 32.9 Å². The predicted octanol–water partition coefficient (Wildman–Crippen LogP) is 2.51. The Morgan fingerprint density at radius 3 is 2.59 bits per heavy atom. The van der Waals surface area contributed by atoms with Crippen LogP contribution in [-0.4, -0.2) is 21.2 Å². The van der Waals surface area contributed by atoms with E-state index >= 15 is 0 Å². The van der Waals surface area contributed by atoms with Crippen molar-refractivity contribution in [3.63, 3.8) is 0 Å². The lowest BCUT2D eigenvalue weighted by Crippen LogP contribution is -2.40. The third kappa shape index (κ3) is 2.94. The fourth-order valence-corrected chi connectivity index (χ4v) is 3.21. The Labute approximate surface area is 106 Å². The van der Waals surface area contributed by atoms with Crippen molar-refractivity contribution >= 4 is 11.3 Å². The molecule has 1 fully saturated rings. The largest absolute Gasteiger partial charge is 0.276 e. The highest BCUT2D eigenvalue weighted by Crippen LogP contribution is 2.31. The molecule has 0 N–H and O–H groups in total. The first-order valence-electron chi connectivity index (χ1n) is 5.84. The van der Waals surface area contributed by atoms with Crippen molar-refractivity contribution < 1.29 is 8.39 Å². The van der Waals surface area contributed by atoms with Crippen LogP contribution < -0.4 is 0 Å². The first-order valence-corrected chi connectivity index (χ1v) is 6.87. The van der Waals surface area contributed by atoms with Gasteiger partial charge in [-0.3, -0.25) is 4.18 Å². The summed E-state index contributed by atoms with van der Waals surface area (Å²) in [6.45, 7) is 7.68. The quantitative estimate of drug-likeness (QED) is 0.810. The summed E-state index contributed by atoms with van der Waals surface area (Å²) in [6, 6.07) is 10.3. The predicted molar refractivity (Wildman–Crippen MR) is 69.3 cm³/mol. The van der Waals surface area contributed by atoms with Gasteiger partial charge >= 0.3 is 0 Å². The van der Waals surface area contributed by atoms with Crippen molar-refractivity contribution in [3.8, 4) is 0 Å². The Morgan fingerprint density at radius 1 is 1.35 bits per heavy atom. The van der Waals surface area contributed by atoms with Crippen molar-refractivity contribution in [2.45, 2.75) is 33.4 Å². The van der Waals surface area contributed by atoms with Gasteiger partial charge in [-0.25, -0.2) is 4.21 Å². The van der Waals surface area contributed by atoms with E-state index in [0.29, 0.717) is 13.2 Å². The summed E-state index contributed by atoms with van der Waals surface area (Å²) in [5, 5.41) is 0. The fraction of sp³-hybridized carbons (Fsp3) is 0.538. The molecule has 1 aliphatic heterocycles. The molecule has 0 aromatic heterocycles. The molecular formula is C13H19NO2S. The summed E-state index contributed by atoms with van der Waals surface area (Å²) >= 11 is -1.30. The molecule has 0 radical (unpaired) electrons. The molecule has 17 heavy (non-hydrogen) atoms. The fourth-order valence-electron chi connectivity index (χ4n) is 1.99. The van der Waals surface area contributed by atoms with Crippen LogP contribution in [0.15, 0.2) is 30.3 Å². The molecule has 2 unspecified atom stereocenters. The van der Waals surface area contributed by atoms with Gasteiger partial charge in [-0.2, -0.15) is 4.31 Å². The number of benzene rings is 1. The number of rotatable bonds is 2. The van der Waals surface area contributed by atoms with E-state index in [1.807, 2.05) is 22.5 Å². The summed E-state index contributed by atoms with van der Waals surface area (Å²) in [5.74, 6) is 0. The minimum Gasteiger partial charge on any atom is -0.276 e. The number of nitrogens with zero attached hydrogens (tertiary/aromatic N) is 1. The summed E-state index contributed by atoms with van der Waals surface area (Å²) in [4.78, 5) is 0. The lowest BCUT2D eigenvalue weighted by Gasteiger charge is -2.31. The monoisotopic (exact) mass is 253 g/mol. The average molecular weight is 253 g/mol. The lowest BCUT2D eigenvalue weighted by molar-refractivity contribution is 0.172. The first kappa shape index (κ1) is 12.7. The molecule has 1 heterocycles. The molecule has 1 aromatic rings. The van der Waals surface area contributed by atoms with Gasteiger partial charge in [0.05, 0.1) is 12.6 Å². The molecule has 3 nitrogen and oxygen atoms in total. The standard InChI is InChI=1S/C13H19NO2S/c1-13(2,3)12-10-16-17(15)14(12)9-11-7-5-4-6-8-11/h4-8,12H,9-10H2,1-3H3. The van der Waals surface area contributed by atoms with Crippen LogP contribution in [0.1, 0.15) is 26.3 Å². The van der Waals surface area contributed by atoms with Crippen molar-refractivity contribution in [1.82, 2.24) is 4.31 Å². The zero-order chi connectivity index (χ0) is 12.5. The second kappa shape index (κ2) is 4.88.